The van der Waals surface area contributed by atoms with Crippen molar-refractivity contribution in [3.8, 4) is 0 Å². The summed E-state index contributed by atoms with van der Waals surface area (Å²) in [5.41, 5.74) is 0. The highest BCUT2D eigenvalue weighted by atomic mass is 16.3. The third kappa shape index (κ3) is 1.45. The molecule has 2 heteroatoms. The summed E-state index contributed by atoms with van der Waals surface area (Å²) in [6, 6.07) is 0. The predicted octanol–water partition coefficient (Wildman–Crippen LogP) is -0.145. The van der Waals surface area contributed by atoms with E-state index in [1.165, 1.54) is 0 Å². The van der Waals surface area contributed by atoms with Crippen molar-refractivity contribution < 1.29 is 5.11 Å². The Labute approximate surface area is 24.5 Å². The Bertz CT molecular complexity index is 35.8. The van der Waals surface area contributed by atoms with Gasteiger partial charge in [0.25, 0.3) is 0 Å². The highest BCUT2D eigenvalue weighted by Crippen LogP contribution is 1.46. The second-order valence-corrected chi connectivity index (χ2v) is 0.300. The normalized spacial score (nSPS) is 5.00. The maximum Gasteiger partial charge on any atom is 0.315 e. The largest absolute Gasteiger partial charge is 0.329 e. The van der Waals surface area contributed by atoms with E-state index in [9.17, 15) is 0 Å². The van der Waals surface area contributed by atoms with Crippen molar-refractivity contribution in [3.05, 3.63) is 11.4 Å². The molecule has 0 radical (unpaired) electrons. The monoisotopic (exact) mass is 57.0 g/mol. The van der Waals surface area contributed by atoms with Gasteiger partial charge in [-0.2, -0.15) is 0 Å². The molecular formula is C2H3NO. The first kappa shape index (κ1) is 3.45. The lowest BCUT2D eigenvalue weighted by atomic mass is 11.3. The first-order chi connectivity index (χ1) is 1.91. The minimum atomic E-state index is -0.389. The number of rotatable bonds is 0. The topological polar surface area (TPSA) is 24.6 Å². The first-order valence-electron chi connectivity index (χ1n) is 0.856. The van der Waals surface area contributed by atoms with Crippen LogP contribution >= 0.6 is 0 Å². The van der Waals surface area contributed by atoms with Crippen molar-refractivity contribution in [2.24, 2.45) is 0 Å². The smallest absolute Gasteiger partial charge is 0.315 e. The zero-order valence-corrected chi connectivity index (χ0v) is 2.10. The molecule has 0 saturated heterocycles. The fraction of sp³-hybridized carbons (Fsp3) is 0.500. The molecule has 0 aliphatic carbocycles. The van der Waals surface area contributed by atoms with E-state index in [1.807, 2.05) is 0 Å². The van der Waals surface area contributed by atoms with Crippen molar-refractivity contribution >= 4 is 0 Å². The standard InChI is InChI=1S/C2H3NO/c1-3-2-4/h4H,2H2. The van der Waals surface area contributed by atoms with Crippen molar-refractivity contribution in [2.75, 3.05) is 6.73 Å². The molecule has 0 spiro atoms. The number of aliphatic hydroxyl groups excluding tert-OH is 1. The number of nitrogens with zero attached hydrogens (tertiary/aromatic N) is 1. The molecule has 0 saturated carbocycles. The Morgan fingerprint density at radius 2 is 2.25 bits per heavy atom. The Kier molecular flexibility index (Phi) is 2.11. The van der Waals surface area contributed by atoms with Crippen LogP contribution in [0.2, 0.25) is 0 Å². The Hall–Kier alpha value is -0.550. The Morgan fingerprint density at radius 1 is 2.00 bits per heavy atom. The Morgan fingerprint density at radius 3 is 2.25 bits per heavy atom. The van der Waals surface area contributed by atoms with Gasteiger partial charge in [0.15, 0.2) is 0 Å². The summed E-state index contributed by atoms with van der Waals surface area (Å²) in [6.45, 7) is 5.44. The number of aliphatic hydroxyl groups is 1. The van der Waals surface area contributed by atoms with Gasteiger partial charge in [-0.25, -0.2) is 6.57 Å². The third-order valence-electron chi connectivity index (χ3n) is 0.0707. The van der Waals surface area contributed by atoms with Crippen LogP contribution in [0.5, 0.6) is 0 Å². The van der Waals surface area contributed by atoms with E-state index in [-0.39, 0.29) is 6.73 Å². The van der Waals surface area contributed by atoms with Gasteiger partial charge < -0.3 is 5.11 Å². The maximum atomic E-state index is 7.52. The van der Waals surface area contributed by atoms with Gasteiger partial charge in [0.1, 0.15) is 0 Å². The lowest BCUT2D eigenvalue weighted by molar-refractivity contribution is 0.341. The molecule has 0 bridgehead atoms. The van der Waals surface area contributed by atoms with Crippen molar-refractivity contribution in [1.29, 1.82) is 0 Å². The molecule has 0 aromatic heterocycles. The van der Waals surface area contributed by atoms with Gasteiger partial charge in [0.05, 0.1) is 0 Å². The third-order valence-corrected chi connectivity index (χ3v) is 0.0707. The summed E-state index contributed by atoms with van der Waals surface area (Å²) in [4.78, 5) is 2.54. The minimum Gasteiger partial charge on any atom is -0.329 e. The summed E-state index contributed by atoms with van der Waals surface area (Å²) < 4.78 is 0. The fourth-order valence-electron chi connectivity index (χ4n) is 0. The SMILES string of the molecule is [C-]#[N+]CO. The quantitative estimate of drug-likeness (QED) is 0.384. The molecular weight excluding hydrogens is 54.0 g/mol. The summed E-state index contributed by atoms with van der Waals surface area (Å²) in [7, 11) is 0. The van der Waals surface area contributed by atoms with Crippen molar-refractivity contribution in [2.45, 2.75) is 0 Å². The average Bonchev–Trinajstić information content (AvgIpc) is 1.37. The predicted molar refractivity (Wildman–Crippen MR) is 13.7 cm³/mol. The van der Waals surface area contributed by atoms with Crippen LogP contribution in [-0.4, -0.2) is 11.8 Å². The second kappa shape index (κ2) is 2.45. The zero-order valence-electron chi connectivity index (χ0n) is 2.10. The minimum absolute atomic E-state index is 0.389. The van der Waals surface area contributed by atoms with E-state index in [4.69, 9.17) is 11.7 Å². The van der Waals surface area contributed by atoms with Crippen LogP contribution in [0.1, 0.15) is 0 Å². The lowest BCUT2D eigenvalue weighted by Gasteiger charge is -1.53. The molecule has 0 fully saturated rings. The highest BCUT2D eigenvalue weighted by Gasteiger charge is 1.49. The maximum absolute atomic E-state index is 7.52. The molecule has 0 rings (SSSR count). The molecule has 0 heterocycles. The number of hydrogen-bond donors (Lipinski definition) is 1. The summed E-state index contributed by atoms with van der Waals surface area (Å²) in [5.74, 6) is 0. The van der Waals surface area contributed by atoms with Gasteiger partial charge in [-0.15, -0.1) is 0 Å². The van der Waals surface area contributed by atoms with Gasteiger partial charge in [-0.3, -0.25) is 4.85 Å². The van der Waals surface area contributed by atoms with Crippen LogP contribution in [0.25, 0.3) is 4.85 Å². The highest BCUT2D eigenvalue weighted by molar-refractivity contribution is 4.39. The summed E-state index contributed by atoms with van der Waals surface area (Å²) in [5, 5.41) is 7.52. The molecule has 0 aliphatic rings. The van der Waals surface area contributed by atoms with Crippen LogP contribution in [0, 0.1) is 6.57 Å². The van der Waals surface area contributed by atoms with Gasteiger partial charge in [-0.05, 0) is 0 Å². The van der Waals surface area contributed by atoms with E-state index >= 15 is 0 Å². The van der Waals surface area contributed by atoms with Crippen LogP contribution in [0.4, 0.5) is 0 Å². The van der Waals surface area contributed by atoms with Gasteiger partial charge in [0.2, 0.25) is 0 Å². The number of hydrogen-bond acceptors (Lipinski definition) is 1. The van der Waals surface area contributed by atoms with Crippen molar-refractivity contribution in [3.63, 3.8) is 0 Å². The second-order valence-electron chi connectivity index (χ2n) is 0.300. The summed E-state index contributed by atoms with van der Waals surface area (Å²) in [6.07, 6.45) is 0. The molecule has 2 nitrogen and oxygen atoms in total. The van der Waals surface area contributed by atoms with Crippen LogP contribution < -0.4 is 0 Å². The first-order valence-corrected chi connectivity index (χ1v) is 0.856. The molecule has 22 valence electrons. The van der Waals surface area contributed by atoms with E-state index in [0.717, 1.165) is 0 Å². The summed E-state index contributed by atoms with van der Waals surface area (Å²) >= 11 is 0. The Balaban J connectivity index is 2.43. The molecule has 4 heavy (non-hydrogen) atoms. The van der Waals surface area contributed by atoms with Crippen LogP contribution in [0.3, 0.4) is 0 Å². The molecule has 0 aromatic rings. The zero-order chi connectivity index (χ0) is 3.41. The molecule has 0 atom stereocenters. The fourth-order valence-corrected chi connectivity index (χ4v) is 0. The molecule has 0 unspecified atom stereocenters. The van der Waals surface area contributed by atoms with Crippen LogP contribution in [0.15, 0.2) is 0 Å². The lowest BCUT2D eigenvalue weighted by Crippen LogP contribution is -1.58. The average molecular weight is 57.1 g/mol. The van der Waals surface area contributed by atoms with E-state index in [2.05, 4.69) is 4.85 Å². The molecule has 0 amide bonds. The van der Waals surface area contributed by atoms with Gasteiger partial charge in [-0.1, -0.05) is 0 Å². The molecule has 0 aromatic carbocycles. The molecule has 1 N–H and O–H groups in total. The molecule has 0 aliphatic heterocycles. The van der Waals surface area contributed by atoms with E-state index in [0.29, 0.717) is 0 Å². The van der Waals surface area contributed by atoms with Gasteiger partial charge in [0, 0.05) is 0 Å². The van der Waals surface area contributed by atoms with Gasteiger partial charge >= 0.3 is 6.73 Å². The van der Waals surface area contributed by atoms with E-state index in [1.54, 1.807) is 0 Å². The van der Waals surface area contributed by atoms with Crippen LogP contribution in [-0.2, 0) is 0 Å². The van der Waals surface area contributed by atoms with E-state index < -0.39 is 0 Å². The van der Waals surface area contributed by atoms with Crippen molar-refractivity contribution in [1.82, 2.24) is 0 Å².